The van der Waals surface area contributed by atoms with E-state index in [-0.39, 0.29) is 0 Å². The highest BCUT2D eigenvalue weighted by Crippen LogP contribution is 2.30. The number of likely N-dealkylation sites (tertiary alicyclic amines) is 1. The van der Waals surface area contributed by atoms with E-state index < -0.39 is 0 Å². The summed E-state index contributed by atoms with van der Waals surface area (Å²) in [7, 11) is 0. The molecule has 2 N–H and O–H groups in total. The first-order valence-electron chi connectivity index (χ1n) is 6.69. The molecule has 0 bridgehead atoms. The lowest BCUT2D eigenvalue weighted by atomic mass is 9.82. The molecule has 1 saturated heterocycles. The third kappa shape index (κ3) is 2.57. The van der Waals surface area contributed by atoms with Crippen LogP contribution in [-0.4, -0.2) is 30.4 Å². The van der Waals surface area contributed by atoms with E-state index in [1.165, 1.54) is 12.8 Å². The van der Waals surface area contributed by atoms with Crippen LogP contribution in [0.4, 0.5) is 0 Å². The first kappa shape index (κ1) is 11.9. The smallest absolute Gasteiger partial charge is 0.225 e. The molecule has 2 rings (SSSR count). The first-order chi connectivity index (χ1) is 7.70. The van der Waals surface area contributed by atoms with Gasteiger partial charge in [0.25, 0.3) is 0 Å². The number of carbonyl (C=O) groups is 1. The van der Waals surface area contributed by atoms with Crippen LogP contribution in [-0.2, 0) is 4.79 Å². The summed E-state index contributed by atoms with van der Waals surface area (Å²) in [5, 5.41) is 0. The van der Waals surface area contributed by atoms with E-state index >= 15 is 0 Å². The maximum absolute atomic E-state index is 12.3. The molecule has 0 aromatic rings. The molecule has 92 valence electrons. The molecule has 1 atom stereocenters. The molecule has 2 fully saturated rings. The normalized spacial score (nSPS) is 35.4. The minimum Gasteiger partial charge on any atom is -0.342 e. The van der Waals surface area contributed by atoms with Crippen molar-refractivity contribution in [3.63, 3.8) is 0 Å². The second kappa shape index (κ2) is 5.17. The fourth-order valence-electron chi connectivity index (χ4n) is 2.99. The average Bonchev–Trinajstić information content (AvgIpc) is 2.77. The van der Waals surface area contributed by atoms with Gasteiger partial charge in [0, 0.05) is 19.0 Å². The zero-order valence-electron chi connectivity index (χ0n) is 10.3. The van der Waals surface area contributed by atoms with Crippen LogP contribution in [0.5, 0.6) is 0 Å². The van der Waals surface area contributed by atoms with Gasteiger partial charge in [-0.05, 0) is 50.5 Å². The van der Waals surface area contributed by atoms with Crippen LogP contribution >= 0.6 is 0 Å². The minimum absolute atomic E-state index is 0.313. The van der Waals surface area contributed by atoms with Crippen LogP contribution in [0.1, 0.15) is 39.0 Å². The summed E-state index contributed by atoms with van der Waals surface area (Å²) in [6, 6.07) is 0. The van der Waals surface area contributed by atoms with Gasteiger partial charge in [0.2, 0.25) is 5.91 Å². The molecule has 0 aromatic carbocycles. The second-order valence-electron chi connectivity index (χ2n) is 5.63. The number of hydrogen-bond donors (Lipinski definition) is 1. The van der Waals surface area contributed by atoms with Gasteiger partial charge in [-0.1, -0.05) is 6.92 Å². The van der Waals surface area contributed by atoms with Crippen LogP contribution in [0.15, 0.2) is 0 Å². The Kier molecular flexibility index (Phi) is 3.85. The number of hydrogen-bond acceptors (Lipinski definition) is 2. The molecule has 1 saturated carbocycles. The Balaban J connectivity index is 1.83. The Labute approximate surface area is 98.4 Å². The van der Waals surface area contributed by atoms with Crippen molar-refractivity contribution in [2.75, 3.05) is 19.6 Å². The molecule has 1 aliphatic carbocycles. The van der Waals surface area contributed by atoms with Crippen LogP contribution in [0.2, 0.25) is 0 Å². The maximum Gasteiger partial charge on any atom is 0.225 e. The van der Waals surface area contributed by atoms with E-state index in [0.717, 1.165) is 44.8 Å². The molecule has 1 unspecified atom stereocenters. The molecule has 0 aromatic heterocycles. The van der Waals surface area contributed by atoms with Crippen molar-refractivity contribution in [2.24, 2.45) is 23.5 Å². The van der Waals surface area contributed by atoms with E-state index in [1.54, 1.807) is 0 Å². The monoisotopic (exact) mass is 224 g/mol. The van der Waals surface area contributed by atoms with Crippen molar-refractivity contribution in [2.45, 2.75) is 39.0 Å². The molecular weight excluding hydrogens is 200 g/mol. The number of carbonyl (C=O) groups excluding carboxylic acids is 1. The quantitative estimate of drug-likeness (QED) is 0.774. The fraction of sp³-hybridized carbons (Fsp3) is 0.923. The summed E-state index contributed by atoms with van der Waals surface area (Å²) < 4.78 is 0. The predicted octanol–water partition coefficient (Wildman–Crippen LogP) is 1.62. The highest BCUT2D eigenvalue weighted by molar-refractivity contribution is 5.79. The van der Waals surface area contributed by atoms with Crippen LogP contribution < -0.4 is 5.73 Å². The zero-order valence-corrected chi connectivity index (χ0v) is 10.3. The van der Waals surface area contributed by atoms with E-state index in [0.29, 0.717) is 17.7 Å². The zero-order chi connectivity index (χ0) is 11.5. The van der Waals surface area contributed by atoms with Crippen molar-refractivity contribution in [1.82, 2.24) is 4.90 Å². The number of nitrogens with zero attached hydrogens (tertiary/aromatic N) is 1. The van der Waals surface area contributed by atoms with Gasteiger partial charge in [-0.25, -0.2) is 0 Å². The summed E-state index contributed by atoms with van der Waals surface area (Å²) in [4.78, 5) is 14.3. The fourth-order valence-corrected chi connectivity index (χ4v) is 2.99. The van der Waals surface area contributed by atoms with Gasteiger partial charge in [-0.2, -0.15) is 0 Å². The Hall–Kier alpha value is -0.570. The van der Waals surface area contributed by atoms with Crippen molar-refractivity contribution < 1.29 is 4.79 Å². The summed E-state index contributed by atoms with van der Waals surface area (Å²) in [6.07, 6.45) is 5.76. The molecule has 1 aliphatic heterocycles. The van der Waals surface area contributed by atoms with Gasteiger partial charge < -0.3 is 10.6 Å². The van der Waals surface area contributed by atoms with Gasteiger partial charge in [-0.3, -0.25) is 4.79 Å². The van der Waals surface area contributed by atoms with Crippen molar-refractivity contribution >= 4 is 5.91 Å². The van der Waals surface area contributed by atoms with Crippen molar-refractivity contribution in [3.05, 3.63) is 0 Å². The standard InChI is InChI=1S/C13H24N2O/c1-10-2-4-12(5-3-10)13(16)15-7-6-11(8-14)9-15/h10-12H,2-9,14H2,1H3. The maximum atomic E-state index is 12.3. The number of rotatable bonds is 2. The Morgan fingerprint density at radius 2 is 1.94 bits per heavy atom. The van der Waals surface area contributed by atoms with E-state index in [2.05, 4.69) is 11.8 Å². The molecular formula is C13H24N2O. The molecule has 1 amide bonds. The van der Waals surface area contributed by atoms with Crippen LogP contribution in [0.25, 0.3) is 0 Å². The Morgan fingerprint density at radius 1 is 1.25 bits per heavy atom. The van der Waals surface area contributed by atoms with Gasteiger partial charge in [0.15, 0.2) is 0 Å². The highest BCUT2D eigenvalue weighted by Gasteiger charge is 2.31. The third-order valence-electron chi connectivity index (χ3n) is 4.30. The number of amides is 1. The first-order valence-corrected chi connectivity index (χ1v) is 6.69. The van der Waals surface area contributed by atoms with Gasteiger partial charge in [0.05, 0.1) is 0 Å². The predicted molar refractivity (Wildman–Crippen MR) is 64.9 cm³/mol. The van der Waals surface area contributed by atoms with E-state index in [4.69, 9.17) is 5.73 Å². The Bertz CT molecular complexity index is 242. The molecule has 3 heteroatoms. The molecule has 3 nitrogen and oxygen atoms in total. The molecule has 16 heavy (non-hydrogen) atoms. The molecule has 0 spiro atoms. The summed E-state index contributed by atoms with van der Waals surface area (Å²) in [5.74, 6) is 2.08. The number of nitrogens with two attached hydrogens (primary N) is 1. The largest absolute Gasteiger partial charge is 0.342 e. The van der Waals surface area contributed by atoms with Gasteiger partial charge in [0.1, 0.15) is 0 Å². The summed E-state index contributed by atoms with van der Waals surface area (Å²) in [5.41, 5.74) is 5.65. The van der Waals surface area contributed by atoms with Crippen molar-refractivity contribution in [3.8, 4) is 0 Å². The third-order valence-corrected chi connectivity index (χ3v) is 4.30. The van der Waals surface area contributed by atoms with Gasteiger partial charge in [-0.15, -0.1) is 0 Å². The van der Waals surface area contributed by atoms with Crippen LogP contribution in [0, 0.1) is 17.8 Å². The lowest BCUT2D eigenvalue weighted by molar-refractivity contribution is -0.135. The average molecular weight is 224 g/mol. The Morgan fingerprint density at radius 3 is 2.50 bits per heavy atom. The molecule has 1 heterocycles. The minimum atomic E-state index is 0.313. The topological polar surface area (TPSA) is 46.3 Å². The second-order valence-corrected chi connectivity index (χ2v) is 5.63. The SMILES string of the molecule is CC1CCC(C(=O)N2CCC(CN)C2)CC1. The lowest BCUT2D eigenvalue weighted by Gasteiger charge is -2.29. The lowest BCUT2D eigenvalue weighted by Crippen LogP contribution is -2.36. The van der Waals surface area contributed by atoms with Gasteiger partial charge >= 0.3 is 0 Å². The highest BCUT2D eigenvalue weighted by atomic mass is 16.2. The summed E-state index contributed by atoms with van der Waals surface area (Å²) in [6.45, 7) is 4.86. The molecule has 0 radical (unpaired) electrons. The molecule has 2 aliphatic rings. The van der Waals surface area contributed by atoms with Crippen molar-refractivity contribution in [1.29, 1.82) is 0 Å². The van der Waals surface area contributed by atoms with E-state index in [9.17, 15) is 4.79 Å². The van der Waals surface area contributed by atoms with E-state index in [1.807, 2.05) is 0 Å². The summed E-state index contributed by atoms with van der Waals surface area (Å²) >= 11 is 0. The van der Waals surface area contributed by atoms with Crippen LogP contribution in [0.3, 0.4) is 0 Å².